The summed E-state index contributed by atoms with van der Waals surface area (Å²) in [6.45, 7) is 3.58. The molecule has 0 aliphatic carbocycles. The number of aliphatic imine (C=N–C) groups is 1. The Balaban J connectivity index is 2.01. The zero-order chi connectivity index (χ0) is 17.9. The summed E-state index contributed by atoms with van der Waals surface area (Å²) in [5.74, 6) is -1.15. The molecule has 1 unspecified atom stereocenters. The van der Waals surface area contributed by atoms with Crippen LogP contribution in [0, 0.1) is 5.92 Å². The predicted octanol–water partition coefficient (Wildman–Crippen LogP) is 2.77. The smallest absolute Gasteiger partial charge is 0.416 e. The van der Waals surface area contributed by atoms with Gasteiger partial charge in [0.05, 0.1) is 5.56 Å². The van der Waals surface area contributed by atoms with Crippen molar-refractivity contribution in [1.29, 1.82) is 0 Å². The summed E-state index contributed by atoms with van der Waals surface area (Å²) in [5, 5.41) is 2.35. The van der Waals surface area contributed by atoms with Crippen LogP contribution >= 0.6 is 0 Å². The van der Waals surface area contributed by atoms with Crippen molar-refractivity contribution in [2.45, 2.75) is 26.1 Å². The van der Waals surface area contributed by atoms with Gasteiger partial charge in [-0.1, -0.05) is 26.0 Å². The fraction of sp³-hybridized carbons (Fsp3) is 0.312. The van der Waals surface area contributed by atoms with E-state index in [2.05, 4.69) is 10.3 Å². The number of nitrogens with zero attached hydrogens (tertiary/aromatic N) is 1. The average Bonchev–Trinajstić information content (AvgIpc) is 2.85. The summed E-state index contributed by atoms with van der Waals surface area (Å²) in [4.78, 5) is 26.8. The first-order valence-electron chi connectivity index (χ1n) is 7.12. The fourth-order valence-corrected chi connectivity index (χ4v) is 1.96. The Kier molecular flexibility index (Phi) is 5.06. The molecule has 5 nitrogen and oxygen atoms in total. The summed E-state index contributed by atoms with van der Waals surface area (Å²) in [5.41, 5.74) is -0.360. The molecule has 1 aromatic rings. The molecule has 1 aliphatic rings. The highest BCUT2D eigenvalue weighted by atomic mass is 19.4. The topological polar surface area (TPSA) is 67.8 Å². The van der Waals surface area contributed by atoms with Crippen LogP contribution in [-0.2, 0) is 20.5 Å². The normalized spacial score (nSPS) is 19.8. The van der Waals surface area contributed by atoms with E-state index in [0.29, 0.717) is 5.56 Å². The van der Waals surface area contributed by atoms with Crippen LogP contribution in [0.4, 0.5) is 13.2 Å². The molecule has 1 heterocycles. The molecular weight excluding hydrogens is 325 g/mol. The first-order valence-corrected chi connectivity index (χ1v) is 7.12. The Morgan fingerprint density at radius 3 is 2.42 bits per heavy atom. The molecule has 8 heteroatoms. The van der Waals surface area contributed by atoms with Crippen LogP contribution in [0.15, 0.2) is 35.3 Å². The number of amidine groups is 1. The van der Waals surface area contributed by atoms with Crippen LogP contribution in [0.1, 0.15) is 25.0 Å². The Bertz CT molecular complexity index is 692. The second-order valence-corrected chi connectivity index (χ2v) is 5.48. The number of carbonyl (C=O) groups is 2. The first kappa shape index (κ1) is 17.7. The van der Waals surface area contributed by atoms with E-state index in [0.717, 1.165) is 18.2 Å². The standard InChI is InChI=1S/C16H15F3N2O3/c1-9(2)13-14(23)21-15(24-13)20-12(22)8-5-10-3-6-11(7-4-10)16(17,18)19/h3-9,13H,1-2H3,(H,20,21,22,23)/b8-5+. The number of ether oxygens (including phenoxy) is 1. The second-order valence-electron chi connectivity index (χ2n) is 5.48. The zero-order valence-electron chi connectivity index (χ0n) is 12.9. The van der Waals surface area contributed by atoms with Gasteiger partial charge >= 0.3 is 12.2 Å². The molecule has 1 N–H and O–H groups in total. The lowest BCUT2D eigenvalue weighted by atomic mass is 10.1. The summed E-state index contributed by atoms with van der Waals surface area (Å²) in [6, 6.07) is 4.14. The van der Waals surface area contributed by atoms with Gasteiger partial charge < -0.3 is 4.74 Å². The van der Waals surface area contributed by atoms with Gasteiger partial charge in [-0.15, -0.1) is 0 Å². The van der Waals surface area contributed by atoms with Crippen LogP contribution in [-0.4, -0.2) is 23.9 Å². The molecule has 24 heavy (non-hydrogen) atoms. The third-order valence-corrected chi connectivity index (χ3v) is 3.20. The molecule has 2 amide bonds. The van der Waals surface area contributed by atoms with E-state index in [4.69, 9.17) is 4.74 Å². The fourth-order valence-electron chi connectivity index (χ4n) is 1.96. The average molecular weight is 340 g/mol. The number of benzene rings is 1. The van der Waals surface area contributed by atoms with Crippen LogP contribution in [0.3, 0.4) is 0 Å². The van der Waals surface area contributed by atoms with E-state index in [1.807, 2.05) is 0 Å². The minimum absolute atomic E-state index is 0.0736. The van der Waals surface area contributed by atoms with Crippen molar-refractivity contribution in [3.63, 3.8) is 0 Å². The number of halogens is 3. The molecule has 2 rings (SSSR count). The van der Waals surface area contributed by atoms with Gasteiger partial charge in [0.25, 0.3) is 11.8 Å². The summed E-state index contributed by atoms with van der Waals surface area (Å²) >= 11 is 0. The molecule has 128 valence electrons. The van der Waals surface area contributed by atoms with Crippen LogP contribution in [0.5, 0.6) is 0 Å². The predicted molar refractivity (Wildman–Crippen MR) is 80.8 cm³/mol. The van der Waals surface area contributed by atoms with Gasteiger partial charge in [-0.2, -0.15) is 18.2 Å². The Hall–Kier alpha value is -2.64. The molecule has 1 saturated heterocycles. The summed E-state index contributed by atoms with van der Waals surface area (Å²) in [7, 11) is 0. The molecule has 0 bridgehead atoms. The molecule has 1 aliphatic heterocycles. The molecule has 1 fully saturated rings. The van der Waals surface area contributed by atoms with Crippen molar-refractivity contribution >= 4 is 23.9 Å². The number of alkyl halides is 3. The Morgan fingerprint density at radius 1 is 1.29 bits per heavy atom. The molecule has 0 radical (unpaired) electrons. The first-order chi connectivity index (χ1) is 11.2. The van der Waals surface area contributed by atoms with Gasteiger partial charge in [0.2, 0.25) is 0 Å². The van der Waals surface area contributed by atoms with Gasteiger partial charge in [-0.25, -0.2) is 0 Å². The van der Waals surface area contributed by atoms with E-state index >= 15 is 0 Å². The number of hydrogen-bond acceptors (Lipinski definition) is 3. The van der Waals surface area contributed by atoms with Crippen molar-refractivity contribution < 1.29 is 27.5 Å². The van der Waals surface area contributed by atoms with Gasteiger partial charge in [0.15, 0.2) is 6.10 Å². The molecule has 0 saturated carbocycles. The minimum Gasteiger partial charge on any atom is -0.451 e. The van der Waals surface area contributed by atoms with Crippen molar-refractivity contribution in [3.8, 4) is 0 Å². The van der Waals surface area contributed by atoms with Crippen molar-refractivity contribution in [2.24, 2.45) is 10.9 Å². The summed E-state index contributed by atoms with van der Waals surface area (Å²) < 4.78 is 42.5. The molecule has 1 atom stereocenters. The van der Waals surface area contributed by atoms with Gasteiger partial charge in [-0.3, -0.25) is 14.9 Å². The Labute approximate surface area is 136 Å². The largest absolute Gasteiger partial charge is 0.451 e. The SMILES string of the molecule is CC(C)C1OC(=NC(=O)/C=C/c2ccc(C(F)(F)F)cc2)NC1=O. The van der Waals surface area contributed by atoms with E-state index in [1.54, 1.807) is 13.8 Å². The number of nitrogens with one attached hydrogen (secondary N) is 1. The van der Waals surface area contributed by atoms with E-state index in [-0.39, 0.29) is 17.8 Å². The highest BCUT2D eigenvalue weighted by molar-refractivity contribution is 6.07. The maximum Gasteiger partial charge on any atom is 0.416 e. The maximum absolute atomic E-state index is 12.4. The molecular formula is C16H15F3N2O3. The minimum atomic E-state index is -4.41. The number of rotatable bonds is 3. The highest BCUT2D eigenvalue weighted by Gasteiger charge is 2.33. The maximum atomic E-state index is 12.4. The van der Waals surface area contributed by atoms with E-state index in [9.17, 15) is 22.8 Å². The van der Waals surface area contributed by atoms with Crippen LogP contribution in [0.25, 0.3) is 6.08 Å². The number of hydrogen-bond donors (Lipinski definition) is 1. The highest BCUT2D eigenvalue weighted by Crippen LogP contribution is 2.29. The number of carbonyl (C=O) groups excluding carboxylic acids is 2. The van der Waals surface area contributed by atoms with E-state index < -0.39 is 23.8 Å². The van der Waals surface area contributed by atoms with Crippen molar-refractivity contribution in [2.75, 3.05) is 0 Å². The van der Waals surface area contributed by atoms with Gasteiger partial charge in [-0.05, 0) is 29.7 Å². The molecule has 0 spiro atoms. The van der Waals surface area contributed by atoms with Crippen LogP contribution < -0.4 is 5.32 Å². The number of amides is 2. The van der Waals surface area contributed by atoms with Crippen LogP contribution in [0.2, 0.25) is 0 Å². The lowest BCUT2D eigenvalue weighted by Crippen LogP contribution is -2.28. The molecule has 1 aromatic carbocycles. The quantitative estimate of drug-likeness (QED) is 0.861. The second kappa shape index (κ2) is 6.86. The van der Waals surface area contributed by atoms with Gasteiger partial charge in [0.1, 0.15) is 0 Å². The zero-order valence-corrected chi connectivity index (χ0v) is 12.9. The summed E-state index contributed by atoms with van der Waals surface area (Å²) in [6.07, 6.45) is -2.71. The Morgan fingerprint density at radius 2 is 1.92 bits per heavy atom. The van der Waals surface area contributed by atoms with E-state index in [1.165, 1.54) is 18.2 Å². The third-order valence-electron chi connectivity index (χ3n) is 3.20. The monoisotopic (exact) mass is 340 g/mol. The van der Waals surface area contributed by atoms with Gasteiger partial charge in [0, 0.05) is 6.08 Å². The molecule has 0 aromatic heterocycles. The lowest BCUT2D eigenvalue weighted by molar-refractivity contribution is -0.137. The lowest BCUT2D eigenvalue weighted by Gasteiger charge is -2.09. The third kappa shape index (κ3) is 4.43. The van der Waals surface area contributed by atoms with Crippen molar-refractivity contribution in [3.05, 3.63) is 41.5 Å². The van der Waals surface area contributed by atoms with Crippen molar-refractivity contribution in [1.82, 2.24) is 5.32 Å².